The van der Waals surface area contributed by atoms with Crippen molar-refractivity contribution in [1.82, 2.24) is 15.5 Å². The Morgan fingerprint density at radius 2 is 1.80 bits per heavy atom. The summed E-state index contributed by atoms with van der Waals surface area (Å²) in [5, 5.41) is 5.37. The Labute approximate surface area is 318 Å². The monoisotopic (exact) mass is 736 g/mol. The number of carbonyl (C=O) groups is 5. The molecule has 1 unspecified atom stereocenters. The van der Waals surface area contributed by atoms with Gasteiger partial charge in [-0.1, -0.05) is 55.7 Å². The zero-order valence-corrected chi connectivity index (χ0v) is 31.7. The van der Waals surface area contributed by atoms with Gasteiger partial charge in [0.15, 0.2) is 11.6 Å². The van der Waals surface area contributed by atoms with Gasteiger partial charge in [-0.05, 0) is 107 Å². The summed E-state index contributed by atoms with van der Waals surface area (Å²) in [4.78, 5) is 70.1. The fourth-order valence-electron chi connectivity index (χ4n) is 8.84. The van der Waals surface area contributed by atoms with Crippen LogP contribution in [-0.2, 0) is 14.4 Å². The van der Waals surface area contributed by atoms with Crippen LogP contribution in [0.25, 0.3) is 5.57 Å². The van der Waals surface area contributed by atoms with E-state index in [0.717, 1.165) is 88.2 Å². The van der Waals surface area contributed by atoms with E-state index in [1.54, 1.807) is 6.20 Å². The predicted octanol–water partition coefficient (Wildman–Crippen LogP) is 7.25. The highest BCUT2D eigenvalue weighted by Crippen LogP contribution is 2.57. The molecule has 2 saturated carbocycles. The molecule has 3 aliphatic carbocycles. The topological polar surface area (TPSA) is 125 Å². The number of hydrogen-bond donors (Lipinski definition) is 2. The molecule has 0 radical (unpaired) electrons. The highest BCUT2D eigenvalue weighted by atomic mass is 19.1. The normalized spacial score (nSPS) is 25.4. The Hall–Kier alpha value is -4.57. The van der Waals surface area contributed by atoms with E-state index in [0.29, 0.717) is 35.4 Å². The number of Topliss-reactive ketones (excluding diaryl/α,β-unsaturated/α-hetero) is 2. The molecular weight excluding hydrogens is 684 g/mol. The van der Waals surface area contributed by atoms with Gasteiger partial charge in [0.05, 0.1) is 5.92 Å². The Kier molecular flexibility index (Phi) is 12.5. The molecule has 1 aromatic rings. The summed E-state index contributed by atoms with van der Waals surface area (Å²) in [6.07, 6.45) is 17.8. The minimum atomic E-state index is -0.883. The van der Waals surface area contributed by atoms with Crippen molar-refractivity contribution in [2.45, 2.75) is 96.9 Å². The van der Waals surface area contributed by atoms with Gasteiger partial charge in [-0.3, -0.25) is 34.3 Å². The number of amides is 3. The van der Waals surface area contributed by atoms with Crippen LogP contribution in [-0.4, -0.2) is 65.6 Å². The van der Waals surface area contributed by atoms with E-state index in [1.807, 2.05) is 0 Å². The maximum absolute atomic E-state index is 15.6. The average Bonchev–Trinajstić information content (AvgIpc) is 3.89. The van der Waals surface area contributed by atoms with Crippen molar-refractivity contribution in [3.8, 4) is 0 Å². The van der Waals surface area contributed by atoms with Gasteiger partial charge < -0.3 is 10.2 Å². The summed E-state index contributed by atoms with van der Waals surface area (Å²) in [5.74, 6) is -2.15. The highest BCUT2D eigenvalue weighted by Gasteiger charge is 2.51. The van der Waals surface area contributed by atoms with E-state index in [-0.39, 0.29) is 41.5 Å². The molecule has 9 nitrogen and oxygen atoms in total. The molecule has 286 valence electrons. The number of ketones is 2. The quantitative estimate of drug-likeness (QED) is 0.0723. The molecule has 6 rings (SSSR count). The molecule has 2 aliphatic heterocycles. The Morgan fingerprint density at radius 1 is 1.02 bits per heavy atom. The molecular formula is C44H53FN4O5. The number of aliphatic imine (C=N–C) groups is 1. The SMILES string of the molecule is C=C/C(=N\C=C(/C)CC1=CCCN(C[C@@H]2[C@H]3CC=C(c4cc(C(=O)C(=C)C5CCC(=O)NC5=O)c(C(C)=O)cc4F)C[C@H]32)CC1)C(=O)NC1CCCCC1. The van der Waals surface area contributed by atoms with Crippen molar-refractivity contribution in [3.63, 3.8) is 0 Å². The molecule has 5 aliphatic rings. The van der Waals surface area contributed by atoms with Crippen molar-refractivity contribution in [2.24, 2.45) is 28.7 Å². The maximum Gasteiger partial charge on any atom is 0.270 e. The van der Waals surface area contributed by atoms with Gasteiger partial charge >= 0.3 is 0 Å². The second kappa shape index (κ2) is 17.3. The molecule has 54 heavy (non-hydrogen) atoms. The number of halogens is 1. The van der Waals surface area contributed by atoms with Crippen LogP contribution in [0.2, 0.25) is 0 Å². The Morgan fingerprint density at radius 3 is 2.52 bits per heavy atom. The minimum absolute atomic E-state index is 0.00860. The molecule has 1 aromatic carbocycles. The Balaban J connectivity index is 1.03. The van der Waals surface area contributed by atoms with Crippen molar-refractivity contribution in [3.05, 3.63) is 88.9 Å². The van der Waals surface area contributed by atoms with Crippen LogP contribution in [0.4, 0.5) is 4.39 Å². The summed E-state index contributed by atoms with van der Waals surface area (Å²) >= 11 is 0. The molecule has 0 bridgehead atoms. The number of nitrogens with one attached hydrogen (secondary N) is 2. The predicted molar refractivity (Wildman–Crippen MR) is 208 cm³/mol. The van der Waals surface area contributed by atoms with Crippen LogP contribution in [0.1, 0.15) is 117 Å². The van der Waals surface area contributed by atoms with Crippen molar-refractivity contribution in [2.75, 3.05) is 19.6 Å². The number of allylic oxidation sites excluding steroid dienone is 3. The number of imide groups is 1. The molecule has 0 aromatic heterocycles. The largest absolute Gasteiger partial charge is 0.348 e. The van der Waals surface area contributed by atoms with E-state index in [9.17, 15) is 24.0 Å². The molecule has 3 amide bonds. The molecule has 1 saturated heterocycles. The first kappa shape index (κ1) is 39.1. The molecule has 2 N–H and O–H groups in total. The van der Waals surface area contributed by atoms with Gasteiger partial charge in [-0.15, -0.1) is 0 Å². The fraction of sp³-hybridized carbons (Fsp3) is 0.500. The maximum atomic E-state index is 15.6. The zero-order valence-electron chi connectivity index (χ0n) is 31.7. The number of nitrogens with zero attached hydrogens (tertiary/aromatic N) is 2. The lowest BCUT2D eigenvalue weighted by molar-refractivity contribution is -0.135. The third-order valence-electron chi connectivity index (χ3n) is 12.0. The minimum Gasteiger partial charge on any atom is -0.348 e. The molecule has 2 heterocycles. The van der Waals surface area contributed by atoms with E-state index in [2.05, 4.69) is 52.8 Å². The third-order valence-corrected chi connectivity index (χ3v) is 12.0. The number of hydrogen-bond acceptors (Lipinski definition) is 7. The van der Waals surface area contributed by atoms with Gasteiger partial charge in [0.25, 0.3) is 5.91 Å². The van der Waals surface area contributed by atoms with Crippen LogP contribution in [0, 0.1) is 29.5 Å². The lowest BCUT2D eigenvalue weighted by atomic mass is 9.83. The Bertz CT molecular complexity index is 1860. The van der Waals surface area contributed by atoms with Crippen LogP contribution in [0.3, 0.4) is 0 Å². The van der Waals surface area contributed by atoms with Gasteiger partial charge in [0, 0.05) is 60.6 Å². The molecule has 4 atom stereocenters. The van der Waals surface area contributed by atoms with Crippen molar-refractivity contribution < 1.29 is 28.4 Å². The summed E-state index contributed by atoms with van der Waals surface area (Å²) in [7, 11) is 0. The van der Waals surface area contributed by atoms with Crippen LogP contribution in [0.15, 0.2) is 71.4 Å². The smallest absolute Gasteiger partial charge is 0.270 e. The first-order chi connectivity index (χ1) is 25.9. The van der Waals surface area contributed by atoms with Crippen molar-refractivity contribution >= 4 is 40.6 Å². The summed E-state index contributed by atoms with van der Waals surface area (Å²) < 4.78 is 15.6. The van der Waals surface area contributed by atoms with Crippen LogP contribution < -0.4 is 10.6 Å². The average molecular weight is 737 g/mol. The number of fused-ring (bicyclic) bond motifs is 1. The molecule has 10 heteroatoms. The summed E-state index contributed by atoms with van der Waals surface area (Å²) in [6, 6.07) is 2.82. The van der Waals surface area contributed by atoms with Crippen LogP contribution >= 0.6 is 0 Å². The van der Waals surface area contributed by atoms with Crippen molar-refractivity contribution in [1.29, 1.82) is 0 Å². The van der Waals surface area contributed by atoms with Gasteiger partial charge in [-0.2, -0.15) is 0 Å². The summed E-state index contributed by atoms with van der Waals surface area (Å²) in [5.41, 5.74) is 3.96. The standard InChI is InChI=1S/C44H53FN4O5/c1-5-40(44(54)47-31-11-7-6-8-12-31)46-24-26(2)20-29-10-9-18-49(19-17-29)25-38-33-14-13-30(21-36(33)38)35-22-37(34(28(4)50)23-39(35)45)42(52)27(3)32-15-16-41(51)48-43(32)53/h5,10,13,22-24,31-33,36,38H,1,3,6-9,11-12,14-21,25H2,2,4H3,(H,47,54)(H,48,51,53)/b26-24+,46-40+/t32?,33-,36+,38+/m0/s1. The van der Waals surface area contributed by atoms with Crippen LogP contribution in [0.5, 0.6) is 0 Å². The highest BCUT2D eigenvalue weighted by molar-refractivity contribution is 6.43. The number of benzene rings is 1. The number of carbonyl (C=O) groups excluding carboxylic acids is 5. The molecule has 0 spiro atoms. The second-order valence-electron chi connectivity index (χ2n) is 15.8. The van der Waals surface area contributed by atoms with E-state index < -0.39 is 35.1 Å². The van der Waals surface area contributed by atoms with E-state index in [1.165, 1.54) is 31.1 Å². The van der Waals surface area contributed by atoms with E-state index in [4.69, 9.17) is 0 Å². The van der Waals surface area contributed by atoms with Gasteiger partial charge in [0.1, 0.15) is 11.5 Å². The lowest BCUT2D eigenvalue weighted by Gasteiger charge is -2.23. The number of rotatable bonds is 13. The first-order valence-electron chi connectivity index (χ1n) is 19.6. The number of piperidine rings is 1. The van der Waals surface area contributed by atoms with Gasteiger partial charge in [0.2, 0.25) is 11.8 Å². The second-order valence-corrected chi connectivity index (χ2v) is 15.8. The lowest BCUT2D eigenvalue weighted by Crippen LogP contribution is -2.42. The van der Waals surface area contributed by atoms with E-state index >= 15 is 4.39 Å². The summed E-state index contributed by atoms with van der Waals surface area (Å²) in [6.45, 7) is 13.9. The first-order valence-corrected chi connectivity index (χ1v) is 19.6. The third kappa shape index (κ3) is 9.20. The fourth-order valence-corrected chi connectivity index (χ4v) is 8.84. The van der Waals surface area contributed by atoms with Gasteiger partial charge in [-0.25, -0.2) is 4.39 Å². The zero-order chi connectivity index (χ0) is 38.5. The molecule has 3 fully saturated rings.